The van der Waals surface area contributed by atoms with Gasteiger partial charge in [-0.2, -0.15) is 0 Å². The van der Waals surface area contributed by atoms with Gasteiger partial charge in [0.25, 0.3) is 0 Å². The molecule has 1 saturated carbocycles. The smallest absolute Gasteiger partial charge is 0.220 e. The molecule has 0 heterocycles. The van der Waals surface area contributed by atoms with Crippen molar-refractivity contribution in [2.75, 3.05) is 13.1 Å². The van der Waals surface area contributed by atoms with E-state index in [1.54, 1.807) is 0 Å². The molecule has 2 N–H and O–H groups in total. The predicted molar refractivity (Wildman–Crippen MR) is 67.3 cm³/mol. The first kappa shape index (κ1) is 13.5. The first-order chi connectivity index (χ1) is 7.58. The highest BCUT2D eigenvalue weighted by Crippen LogP contribution is 2.47. The SMILES string of the molecule is CCC1(CNC(=O)CCCNC(C)C)CC1. The first-order valence-corrected chi connectivity index (χ1v) is 6.58. The Bertz CT molecular complexity index is 222. The van der Waals surface area contributed by atoms with Crippen molar-refractivity contribution in [1.29, 1.82) is 0 Å². The van der Waals surface area contributed by atoms with Gasteiger partial charge in [-0.3, -0.25) is 4.79 Å². The van der Waals surface area contributed by atoms with E-state index in [4.69, 9.17) is 0 Å². The molecule has 0 bridgehead atoms. The van der Waals surface area contributed by atoms with Crippen molar-refractivity contribution in [3.63, 3.8) is 0 Å². The quantitative estimate of drug-likeness (QED) is 0.622. The van der Waals surface area contributed by atoms with Gasteiger partial charge in [0.1, 0.15) is 0 Å². The molecule has 16 heavy (non-hydrogen) atoms. The van der Waals surface area contributed by atoms with Crippen molar-refractivity contribution >= 4 is 5.91 Å². The summed E-state index contributed by atoms with van der Waals surface area (Å²) >= 11 is 0. The largest absolute Gasteiger partial charge is 0.356 e. The van der Waals surface area contributed by atoms with Crippen molar-refractivity contribution in [3.05, 3.63) is 0 Å². The second-order valence-electron chi connectivity index (χ2n) is 5.34. The van der Waals surface area contributed by atoms with Crippen LogP contribution in [0.4, 0.5) is 0 Å². The zero-order chi connectivity index (χ0) is 12.0. The van der Waals surface area contributed by atoms with Gasteiger partial charge in [-0.05, 0) is 37.6 Å². The molecule has 0 aromatic rings. The lowest BCUT2D eigenvalue weighted by molar-refractivity contribution is -0.121. The van der Waals surface area contributed by atoms with E-state index >= 15 is 0 Å². The number of hydrogen-bond donors (Lipinski definition) is 2. The van der Waals surface area contributed by atoms with E-state index in [0.29, 0.717) is 17.9 Å². The molecule has 0 aliphatic heterocycles. The van der Waals surface area contributed by atoms with Gasteiger partial charge in [-0.25, -0.2) is 0 Å². The number of rotatable bonds is 8. The lowest BCUT2D eigenvalue weighted by atomic mass is 10.0. The summed E-state index contributed by atoms with van der Waals surface area (Å²) in [5, 5.41) is 6.37. The fourth-order valence-electron chi connectivity index (χ4n) is 1.85. The summed E-state index contributed by atoms with van der Waals surface area (Å²) in [6.45, 7) is 8.28. The Morgan fingerprint density at radius 2 is 2.06 bits per heavy atom. The van der Waals surface area contributed by atoms with Crippen LogP contribution in [0, 0.1) is 5.41 Å². The molecule has 0 unspecified atom stereocenters. The van der Waals surface area contributed by atoms with Crippen LogP contribution in [0.25, 0.3) is 0 Å². The minimum Gasteiger partial charge on any atom is -0.356 e. The molecule has 0 spiro atoms. The van der Waals surface area contributed by atoms with Gasteiger partial charge in [0.2, 0.25) is 5.91 Å². The third-order valence-electron chi connectivity index (χ3n) is 3.50. The lowest BCUT2D eigenvalue weighted by Crippen LogP contribution is -2.31. The van der Waals surface area contributed by atoms with Crippen LogP contribution >= 0.6 is 0 Å². The number of hydrogen-bond acceptors (Lipinski definition) is 2. The number of nitrogens with one attached hydrogen (secondary N) is 2. The van der Waals surface area contributed by atoms with Gasteiger partial charge in [-0.1, -0.05) is 20.8 Å². The van der Waals surface area contributed by atoms with Crippen LogP contribution in [0.5, 0.6) is 0 Å². The fourth-order valence-corrected chi connectivity index (χ4v) is 1.85. The molecular formula is C13H26N2O. The Hall–Kier alpha value is -0.570. The topological polar surface area (TPSA) is 41.1 Å². The van der Waals surface area contributed by atoms with E-state index in [9.17, 15) is 4.79 Å². The lowest BCUT2D eigenvalue weighted by Gasteiger charge is -2.13. The van der Waals surface area contributed by atoms with E-state index in [-0.39, 0.29) is 5.91 Å². The molecular weight excluding hydrogens is 200 g/mol. The summed E-state index contributed by atoms with van der Waals surface area (Å²) in [6, 6.07) is 0.512. The molecule has 1 fully saturated rings. The van der Waals surface area contributed by atoms with Crippen molar-refractivity contribution in [3.8, 4) is 0 Å². The standard InChI is InChI=1S/C13H26N2O/c1-4-13(7-8-13)10-15-12(16)6-5-9-14-11(2)3/h11,14H,4-10H2,1-3H3,(H,15,16). The molecule has 0 atom stereocenters. The van der Waals surface area contributed by atoms with E-state index in [1.165, 1.54) is 19.3 Å². The van der Waals surface area contributed by atoms with E-state index in [0.717, 1.165) is 19.5 Å². The zero-order valence-electron chi connectivity index (χ0n) is 10.9. The molecule has 3 heteroatoms. The maximum absolute atomic E-state index is 11.5. The molecule has 0 aromatic carbocycles. The Balaban J connectivity index is 1.99. The van der Waals surface area contributed by atoms with Gasteiger partial charge in [0, 0.05) is 19.0 Å². The minimum absolute atomic E-state index is 0.213. The Labute approximate surface area is 99.4 Å². The first-order valence-electron chi connectivity index (χ1n) is 6.58. The van der Waals surface area contributed by atoms with Gasteiger partial charge in [-0.15, -0.1) is 0 Å². The fraction of sp³-hybridized carbons (Fsp3) is 0.923. The molecule has 3 nitrogen and oxygen atoms in total. The third kappa shape index (κ3) is 4.97. The molecule has 0 aromatic heterocycles. The van der Waals surface area contributed by atoms with Crippen LogP contribution in [0.15, 0.2) is 0 Å². The van der Waals surface area contributed by atoms with Gasteiger partial charge < -0.3 is 10.6 Å². The molecule has 1 aliphatic carbocycles. The van der Waals surface area contributed by atoms with Gasteiger partial charge in [0.05, 0.1) is 0 Å². The Morgan fingerprint density at radius 3 is 2.56 bits per heavy atom. The normalized spacial score (nSPS) is 17.5. The van der Waals surface area contributed by atoms with E-state index < -0.39 is 0 Å². The summed E-state index contributed by atoms with van der Waals surface area (Å²) in [4.78, 5) is 11.5. The molecule has 1 rings (SSSR count). The zero-order valence-corrected chi connectivity index (χ0v) is 10.9. The third-order valence-corrected chi connectivity index (χ3v) is 3.50. The maximum atomic E-state index is 11.5. The van der Waals surface area contributed by atoms with E-state index in [2.05, 4.69) is 31.4 Å². The molecule has 94 valence electrons. The van der Waals surface area contributed by atoms with Crippen LogP contribution in [0.1, 0.15) is 52.9 Å². The molecule has 0 radical (unpaired) electrons. The van der Waals surface area contributed by atoms with Crippen LogP contribution in [0.2, 0.25) is 0 Å². The summed E-state index contributed by atoms with van der Waals surface area (Å²) in [7, 11) is 0. The molecule has 1 amide bonds. The van der Waals surface area contributed by atoms with Crippen molar-refractivity contribution in [2.45, 2.75) is 58.9 Å². The van der Waals surface area contributed by atoms with Crippen molar-refractivity contribution in [2.24, 2.45) is 5.41 Å². The average Bonchev–Trinajstić information content (AvgIpc) is 3.02. The minimum atomic E-state index is 0.213. The monoisotopic (exact) mass is 226 g/mol. The number of carbonyl (C=O) groups excluding carboxylic acids is 1. The molecule has 0 saturated heterocycles. The Kier molecular flexibility index (Phi) is 5.26. The second-order valence-corrected chi connectivity index (χ2v) is 5.34. The van der Waals surface area contributed by atoms with Crippen LogP contribution in [-0.4, -0.2) is 25.0 Å². The molecule has 1 aliphatic rings. The van der Waals surface area contributed by atoms with E-state index in [1.807, 2.05) is 0 Å². The second kappa shape index (κ2) is 6.24. The summed E-state index contributed by atoms with van der Waals surface area (Å²) in [5.41, 5.74) is 0.464. The van der Waals surface area contributed by atoms with Crippen LogP contribution in [0.3, 0.4) is 0 Å². The summed E-state index contributed by atoms with van der Waals surface area (Å²) < 4.78 is 0. The predicted octanol–water partition coefficient (Wildman–Crippen LogP) is 2.07. The van der Waals surface area contributed by atoms with Gasteiger partial charge >= 0.3 is 0 Å². The maximum Gasteiger partial charge on any atom is 0.220 e. The van der Waals surface area contributed by atoms with Crippen molar-refractivity contribution in [1.82, 2.24) is 10.6 Å². The highest BCUT2D eigenvalue weighted by molar-refractivity contribution is 5.75. The number of carbonyl (C=O) groups is 1. The number of amides is 1. The summed E-state index contributed by atoms with van der Waals surface area (Å²) in [5.74, 6) is 0.213. The Morgan fingerprint density at radius 1 is 1.38 bits per heavy atom. The highest BCUT2D eigenvalue weighted by atomic mass is 16.1. The highest BCUT2D eigenvalue weighted by Gasteiger charge is 2.40. The van der Waals surface area contributed by atoms with Crippen LogP contribution in [-0.2, 0) is 4.79 Å². The van der Waals surface area contributed by atoms with Crippen LogP contribution < -0.4 is 10.6 Å². The average molecular weight is 226 g/mol. The van der Waals surface area contributed by atoms with Crippen molar-refractivity contribution < 1.29 is 4.79 Å². The summed E-state index contributed by atoms with van der Waals surface area (Å²) in [6.07, 6.45) is 5.36. The van der Waals surface area contributed by atoms with Gasteiger partial charge in [0.15, 0.2) is 0 Å².